The van der Waals surface area contributed by atoms with Crippen molar-refractivity contribution in [1.82, 2.24) is 20.0 Å². The highest BCUT2D eigenvalue weighted by molar-refractivity contribution is 7.15. The summed E-state index contributed by atoms with van der Waals surface area (Å²) < 4.78 is 1.65. The first kappa shape index (κ1) is 19.3. The lowest BCUT2D eigenvalue weighted by Gasteiger charge is -2.04. The molecule has 1 amide bonds. The molecule has 146 valence electrons. The van der Waals surface area contributed by atoms with Gasteiger partial charge in [-0.1, -0.05) is 46.6 Å². The summed E-state index contributed by atoms with van der Waals surface area (Å²) >= 11 is 7.46. The molecule has 0 atom stereocenters. The Labute approximate surface area is 177 Å². The number of aromatic nitrogens is 4. The zero-order chi connectivity index (χ0) is 20.4. The van der Waals surface area contributed by atoms with Crippen LogP contribution in [-0.2, 0) is 6.42 Å². The van der Waals surface area contributed by atoms with E-state index in [0.717, 1.165) is 21.7 Å². The van der Waals surface area contributed by atoms with Crippen LogP contribution in [0.1, 0.15) is 32.2 Å². The van der Waals surface area contributed by atoms with Crippen molar-refractivity contribution >= 4 is 34.0 Å². The topological polar surface area (TPSA) is 72.7 Å². The quantitative estimate of drug-likeness (QED) is 0.498. The van der Waals surface area contributed by atoms with Crippen LogP contribution in [0.25, 0.3) is 5.69 Å². The van der Waals surface area contributed by atoms with Crippen molar-refractivity contribution in [3.8, 4) is 5.69 Å². The van der Waals surface area contributed by atoms with Crippen LogP contribution < -0.4 is 5.32 Å². The number of rotatable bonds is 5. The number of hydrogen-bond donors (Lipinski definition) is 1. The van der Waals surface area contributed by atoms with Crippen molar-refractivity contribution in [2.45, 2.75) is 20.3 Å². The first-order valence-electron chi connectivity index (χ1n) is 8.99. The maximum absolute atomic E-state index is 12.7. The van der Waals surface area contributed by atoms with Crippen molar-refractivity contribution in [1.29, 1.82) is 0 Å². The number of carbonyl (C=O) groups excluding carboxylic acids is 1. The second-order valence-electron chi connectivity index (χ2n) is 6.66. The van der Waals surface area contributed by atoms with E-state index in [2.05, 4.69) is 20.6 Å². The number of halogens is 1. The third kappa shape index (κ3) is 4.36. The van der Waals surface area contributed by atoms with E-state index in [1.165, 1.54) is 11.3 Å². The smallest absolute Gasteiger partial charge is 0.279 e. The van der Waals surface area contributed by atoms with Gasteiger partial charge in [0.1, 0.15) is 0 Å². The van der Waals surface area contributed by atoms with Crippen LogP contribution in [0, 0.1) is 13.8 Å². The minimum atomic E-state index is -0.329. The summed E-state index contributed by atoms with van der Waals surface area (Å²) in [6.45, 7) is 3.84. The molecule has 0 unspecified atom stereocenters. The molecule has 0 aliphatic rings. The maximum Gasteiger partial charge on any atom is 0.279 e. The van der Waals surface area contributed by atoms with Gasteiger partial charge in [-0.3, -0.25) is 10.1 Å². The fourth-order valence-electron chi connectivity index (χ4n) is 2.92. The van der Waals surface area contributed by atoms with Gasteiger partial charge in [-0.2, -0.15) is 0 Å². The van der Waals surface area contributed by atoms with Crippen LogP contribution in [0.3, 0.4) is 0 Å². The molecular weight excluding hydrogens is 406 g/mol. The number of hydrogen-bond acceptors (Lipinski definition) is 5. The van der Waals surface area contributed by atoms with E-state index in [0.29, 0.717) is 22.3 Å². The molecule has 0 saturated carbocycles. The number of amides is 1. The van der Waals surface area contributed by atoms with Gasteiger partial charge in [0.05, 0.1) is 11.4 Å². The number of thiazole rings is 1. The highest BCUT2D eigenvalue weighted by Crippen LogP contribution is 2.23. The molecule has 2 aromatic carbocycles. The van der Waals surface area contributed by atoms with Gasteiger partial charge >= 0.3 is 0 Å². The number of anilines is 1. The van der Waals surface area contributed by atoms with Crippen LogP contribution in [0.15, 0.2) is 54.7 Å². The Kier molecular flexibility index (Phi) is 5.42. The van der Waals surface area contributed by atoms with Gasteiger partial charge < -0.3 is 0 Å². The highest BCUT2D eigenvalue weighted by Gasteiger charge is 2.18. The summed E-state index contributed by atoms with van der Waals surface area (Å²) in [6, 6.07) is 15.6. The molecule has 0 saturated heterocycles. The molecule has 4 rings (SSSR count). The Morgan fingerprint density at radius 3 is 2.72 bits per heavy atom. The molecule has 0 aliphatic heterocycles. The minimum absolute atomic E-state index is 0.275. The minimum Gasteiger partial charge on any atom is -0.296 e. The van der Waals surface area contributed by atoms with Crippen LogP contribution >= 0.6 is 22.9 Å². The van der Waals surface area contributed by atoms with Crippen molar-refractivity contribution in [3.05, 3.63) is 87.1 Å². The number of aryl methyl sites for hydroxylation is 1. The maximum atomic E-state index is 12.7. The number of benzene rings is 2. The second kappa shape index (κ2) is 8.14. The standard InChI is InChI=1S/C21H18ClN5OS/c1-13-6-8-17(9-7-13)27-14(2)19(25-26-27)20(28)24-21-23-12-18(29-21)11-15-4-3-5-16(22)10-15/h3-10,12H,11H2,1-2H3,(H,23,24,28). The molecule has 0 fully saturated rings. The summed E-state index contributed by atoms with van der Waals surface area (Å²) in [4.78, 5) is 18.0. The Bertz CT molecular complexity index is 1170. The van der Waals surface area contributed by atoms with Crippen molar-refractivity contribution in [3.63, 3.8) is 0 Å². The Morgan fingerprint density at radius 2 is 1.97 bits per heavy atom. The van der Waals surface area contributed by atoms with E-state index >= 15 is 0 Å². The molecule has 2 heterocycles. The third-order valence-electron chi connectivity index (χ3n) is 4.43. The summed E-state index contributed by atoms with van der Waals surface area (Å²) in [5, 5.41) is 12.2. The van der Waals surface area contributed by atoms with E-state index in [-0.39, 0.29) is 11.6 Å². The Balaban J connectivity index is 1.47. The van der Waals surface area contributed by atoms with Crippen LogP contribution in [0.2, 0.25) is 5.02 Å². The first-order chi connectivity index (χ1) is 14.0. The fraction of sp³-hybridized carbons (Fsp3) is 0.143. The van der Waals surface area contributed by atoms with E-state index in [9.17, 15) is 4.79 Å². The summed E-state index contributed by atoms with van der Waals surface area (Å²) in [5.41, 5.74) is 4.05. The average molecular weight is 424 g/mol. The molecular formula is C21H18ClN5OS. The number of nitrogens with zero attached hydrogens (tertiary/aromatic N) is 4. The monoisotopic (exact) mass is 423 g/mol. The van der Waals surface area contributed by atoms with Gasteiger partial charge in [-0.15, -0.1) is 16.4 Å². The van der Waals surface area contributed by atoms with Gasteiger partial charge in [0.2, 0.25) is 0 Å². The van der Waals surface area contributed by atoms with Crippen LogP contribution in [0.4, 0.5) is 5.13 Å². The molecule has 8 heteroatoms. The van der Waals surface area contributed by atoms with E-state index < -0.39 is 0 Å². The lowest BCUT2D eigenvalue weighted by Crippen LogP contribution is -2.14. The van der Waals surface area contributed by atoms with E-state index in [1.54, 1.807) is 10.9 Å². The second-order valence-corrected chi connectivity index (χ2v) is 8.21. The van der Waals surface area contributed by atoms with Crippen molar-refractivity contribution < 1.29 is 4.79 Å². The SMILES string of the molecule is Cc1ccc(-n2nnc(C(=O)Nc3ncc(Cc4cccc(Cl)c4)s3)c2C)cc1. The zero-order valence-corrected chi connectivity index (χ0v) is 17.5. The lowest BCUT2D eigenvalue weighted by molar-refractivity contribution is 0.102. The first-order valence-corrected chi connectivity index (χ1v) is 10.2. The average Bonchev–Trinajstić information content (AvgIpc) is 3.29. The number of nitrogens with one attached hydrogen (secondary N) is 1. The van der Waals surface area contributed by atoms with E-state index in [4.69, 9.17) is 11.6 Å². The van der Waals surface area contributed by atoms with Crippen LogP contribution in [0.5, 0.6) is 0 Å². The summed E-state index contributed by atoms with van der Waals surface area (Å²) in [7, 11) is 0. The van der Waals surface area contributed by atoms with Crippen molar-refractivity contribution in [2.24, 2.45) is 0 Å². The molecule has 29 heavy (non-hydrogen) atoms. The fourth-order valence-corrected chi connectivity index (χ4v) is 3.98. The molecule has 2 aromatic heterocycles. The van der Waals surface area contributed by atoms with Crippen molar-refractivity contribution in [2.75, 3.05) is 5.32 Å². The molecule has 0 spiro atoms. The van der Waals surface area contributed by atoms with Gasteiger partial charge in [-0.05, 0) is 43.7 Å². The van der Waals surface area contributed by atoms with Gasteiger partial charge in [-0.25, -0.2) is 9.67 Å². The Morgan fingerprint density at radius 1 is 1.17 bits per heavy atom. The molecule has 1 N–H and O–H groups in total. The normalized spacial score (nSPS) is 10.9. The van der Waals surface area contributed by atoms with Crippen LogP contribution in [-0.4, -0.2) is 25.9 Å². The summed E-state index contributed by atoms with van der Waals surface area (Å²) in [5.74, 6) is -0.329. The predicted octanol–water partition coefficient (Wildman–Crippen LogP) is 4.84. The molecule has 0 aliphatic carbocycles. The largest absolute Gasteiger partial charge is 0.296 e. The Hall–Kier alpha value is -3.03. The van der Waals surface area contributed by atoms with E-state index in [1.807, 2.05) is 62.4 Å². The summed E-state index contributed by atoms with van der Waals surface area (Å²) in [6.07, 6.45) is 2.47. The van der Waals surface area contributed by atoms with Gasteiger partial charge in [0.15, 0.2) is 10.8 Å². The zero-order valence-electron chi connectivity index (χ0n) is 15.9. The molecule has 0 bridgehead atoms. The number of carbonyl (C=O) groups is 1. The molecule has 0 radical (unpaired) electrons. The molecule has 4 aromatic rings. The predicted molar refractivity (Wildman–Crippen MR) is 115 cm³/mol. The van der Waals surface area contributed by atoms with Gasteiger partial charge in [0.25, 0.3) is 5.91 Å². The third-order valence-corrected chi connectivity index (χ3v) is 5.58. The van der Waals surface area contributed by atoms with Gasteiger partial charge in [0, 0.05) is 22.5 Å². The highest BCUT2D eigenvalue weighted by atomic mass is 35.5. The lowest BCUT2D eigenvalue weighted by atomic mass is 10.1. The molecule has 6 nitrogen and oxygen atoms in total.